The zero-order chi connectivity index (χ0) is 10.9. The molecular weight excluding hydrogens is 265 g/mol. The van der Waals surface area contributed by atoms with E-state index in [1.165, 1.54) is 6.07 Å². The Hall–Kier alpha value is -0.820. The summed E-state index contributed by atoms with van der Waals surface area (Å²) in [5.74, 6) is 0. The van der Waals surface area contributed by atoms with Crippen LogP contribution in [0.15, 0.2) is 21.5 Å². The largest absolute Gasteiger partial charge is 0.491 e. The Morgan fingerprint density at radius 3 is 2.50 bits per heavy atom. The summed E-state index contributed by atoms with van der Waals surface area (Å²) in [4.78, 5) is 11.1. The van der Waals surface area contributed by atoms with Gasteiger partial charge in [-0.1, -0.05) is 0 Å². The summed E-state index contributed by atoms with van der Waals surface area (Å²) < 4.78 is 36.6. The second-order valence-electron chi connectivity index (χ2n) is 2.53. The lowest BCUT2D eigenvalue weighted by molar-refractivity contribution is -0.206. The monoisotopic (exact) mass is 270 g/mol. The van der Waals surface area contributed by atoms with Gasteiger partial charge < -0.3 is 5.73 Å². The van der Waals surface area contributed by atoms with E-state index >= 15 is 0 Å². The first-order valence-electron chi connectivity index (χ1n) is 3.54. The quantitative estimate of drug-likeness (QED) is 0.842. The molecule has 0 saturated heterocycles. The summed E-state index contributed by atoms with van der Waals surface area (Å²) in [5.41, 5.74) is 3.91. The molecule has 3 nitrogen and oxygen atoms in total. The van der Waals surface area contributed by atoms with Crippen molar-refractivity contribution in [1.82, 2.24) is 4.57 Å². The van der Waals surface area contributed by atoms with Crippen LogP contribution >= 0.6 is 15.9 Å². The predicted octanol–water partition coefficient (Wildman–Crippen LogP) is 1.55. The Morgan fingerprint density at radius 2 is 2.07 bits per heavy atom. The normalized spacial score (nSPS) is 11.8. The number of hydrogen-bond acceptors (Lipinski definition) is 2. The molecule has 1 rings (SSSR count). The van der Waals surface area contributed by atoms with Crippen molar-refractivity contribution in [2.24, 2.45) is 5.73 Å². The maximum absolute atomic E-state index is 12.2. The summed E-state index contributed by atoms with van der Waals surface area (Å²) in [5, 5.41) is 0. The maximum Gasteiger partial charge on any atom is 0.491 e. The van der Waals surface area contributed by atoms with Gasteiger partial charge in [0.15, 0.2) is 0 Å². The van der Waals surface area contributed by atoms with Crippen LogP contribution in [0.5, 0.6) is 0 Å². The summed E-state index contributed by atoms with van der Waals surface area (Å²) in [6, 6.07) is 1.27. The smallest absolute Gasteiger partial charge is 0.326 e. The van der Waals surface area contributed by atoms with Gasteiger partial charge in [-0.15, -0.1) is 13.2 Å². The van der Waals surface area contributed by atoms with E-state index in [1.807, 2.05) is 0 Å². The van der Waals surface area contributed by atoms with Crippen molar-refractivity contribution in [3.8, 4) is 0 Å². The molecule has 0 unspecified atom stereocenters. The Morgan fingerprint density at radius 1 is 1.50 bits per heavy atom. The molecule has 1 aromatic heterocycles. The predicted molar refractivity (Wildman–Crippen MR) is 47.6 cm³/mol. The highest BCUT2D eigenvalue weighted by Gasteiger charge is 2.32. The van der Waals surface area contributed by atoms with Gasteiger partial charge in [-0.05, 0) is 22.0 Å². The third-order valence-corrected chi connectivity index (χ3v) is 1.98. The number of alkyl halides is 3. The first-order chi connectivity index (χ1) is 6.36. The molecule has 0 aliphatic carbocycles. The van der Waals surface area contributed by atoms with Gasteiger partial charge >= 0.3 is 6.30 Å². The average molecular weight is 271 g/mol. The van der Waals surface area contributed by atoms with Crippen molar-refractivity contribution in [2.45, 2.75) is 12.8 Å². The molecule has 7 heteroatoms. The summed E-state index contributed by atoms with van der Waals surface area (Å²) in [6.07, 6.45) is -4.05. The third-order valence-electron chi connectivity index (χ3n) is 1.55. The van der Waals surface area contributed by atoms with Crippen LogP contribution in [0, 0.1) is 0 Å². The van der Waals surface area contributed by atoms with Gasteiger partial charge in [-0.2, -0.15) is 0 Å². The van der Waals surface area contributed by atoms with Gasteiger partial charge in [-0.25, -0.2) is 4.57 Å². The van der Waals surface area contributed by atoms with E-state index in [9.17, 15) is 18.0 Å². The first-order valence-corrected chi connectivity index (χ1v) is 4.34. The molecule has 0 fully saturated rings. The zero-order valence-corrected chi connectivity index (χ0v) is 8.39. The van der Waals surface area contributed by atoms with Crippen LogP contribution in [0.3, 0.4) is 0 Å². The van der Waals surface area contributed by atoms with Crippen molar-refractivity contribution in [1.29, 1.82) is 0 Å². The molecular formula is C7H6BrF3N2O. The number of nitrogens with zero attached hydrogens (tertiary/aromatic N) is 1. The fraction of sp³-hybridized carbons (Fsp3) is 0.286. The van der Waals surface area contributed by atoms with Gasteiger partial charge in [-0.3, -0.25) is 4.79 Å². The van der Waals surface area contributed by atoms with Crippen molar-refractivity contribution in [2.75, 3.05) is 0 Å². The maximum atomic E-state index is 12.2. The van der Waals surface area contributed by atoms with Crippen LogP contribution < -0.4 is 11.3 Å². The van der Waals surface area contributed by atoms with E-state index in [2.05, 4.69) is 15.9 Å². The number of rotatable bonds is 1. The van der Waals surface area contributed by atoms with Gasteiger partial charge in [0.1, 0.15) is 0 Å². The van der Waals surface area contributed by atoms with E-state index in [0.717, 1.165) is 0 Å². The topological polar surface area (TPSA) is 48.0 Å². The fourth-order valence-corrected chi connectivity index (χ4v) is 1.42. The first kappa shape index (κ1) is 11.3. The van der Waals surface area contributed by atoms with Gasteiger partial charge in [0.05, 0.1) is 0 Å². The van der Waals surface area contributed by atoms with Gasteiger partial charge in [0.25, 0.3) is 5.56 Å². The Kier molecular flexibility index (Phi) is 3.01. The molecule has 0 aliphatic rings. The summed E-state index contributed by atoms with van der Waals surface area (Å²) in [6.45, 7) is -0.228. The standard InChI is InChI=1S/C7H6BrF3N2O/c8-5-1-4(2-12)6(14)13(3-5)7(9,10)11/h1,3H,2,12H2. The lowest BCUT2D eigenvalue weighted by Gasteiger charge is -2.11. The number of aromatic nitrogens is 1. The van der Waals surface area contributed by atoms with Crippen LogP contribution in [0.1, 0.15) is 5.56 Å². The Balaban J connectivity index is 3.45. The number of hydrogen-bond donors (Lipinski definition) is 1. The molecule has 14 heavy (non-hydrogen) atoms. The van der Waals surface area contributed by atoms with Crippen molar-refractivity contribution in [3.05, 3.63) is 32.7 Å². The number of halogens is 4. The van der Waals surface area contributed by atoms with Crippen LogP contribution in [0.25, 0.3) is 0 Å². The highest BCUT2D eigenvalue weighted by atomic mass is 79.9. The van der Waals surface area contributed by atoms with Gasteiger partial charge in [0.2, 0.25) is 0 Å². The van der Waals surface area contributed by atoms with Crippen LogP contribution in [-0.2, 0) is 12.8 Å². The third kappa shape index (κ3) is 2.16. The Bertz CT molecular complexity index is 399. The van der Waals surface area contributed by atoms with Crippen LogP contribution in [0.4, 0.5) is 13.2 Å². The molecule has 1 heterocycles. The van der Waals surface area contributed by atoms with Crippen molar-refractivity contribution < 1.29 is 13.2 Å². The molecule has 0 aliphatic heterocycles. The highest BCUT2D eigenvalue weighted by Crippen LogP contribution is 2.22. The highest BCUT2D eigenvalue weighted by molar-refractivity contribution is 9.10. The van der Waals surface area contributed by atoms with E-state index in [1.54, 1.807) is 0 Å². The minimum Gasteiger partial charge on any atom is -0.326 e. The number of pyridine rings is 1. The van der Waals surface area contributed by atoms with Crippen molar-refractivity contribution >= 4 is 15.9 Å². The molecule has 0 radical (unpaired) electrons. The van der Waals surface area contributed by atoms with Gasteiger partial charge in [0, 0.05) is 22.8 Å². The molecule has 2 N–H and O–H groups in total. The lowest BCUT2D eigenvalue weighted by Crippen LogP contribution is -2.33. The van der Waals surface area contributed by atoms with E-state index in [-0.39, 0.29) is 21.1 Å². The van der Waals surface area contributed by atoms with E-state index in [4.69, 9.17) is 5.73 Å². The fourth-order valence-electron chi connectivity index (χ4n) is 0.937. The zero-order valence-electron chi connectivity index (χ0n) is 6.81. The Labute approximate surface area is 85.5 Å². The molecule has 78 valence electrons. The molecule has 1 aromatic rings. The minimum absolute atomic E-state index is 0.0864. The summed E-state index contributed by atoms with van der Waals surface area (Å²) in [7, 11) is 0. The average Bonchev–Trinajstić information content (AvgIpc) is 2.06. The molecule has 0 saturated carbocycles. The second kappa shape index (κ2) is 3.74. The molecule has 0 bridgehead atoms. The van der Waals surface area contributed by atoms with Crippen LogP contribution in [-0.4, -0.2) is 4.57 Å². The molecule has 0 aromatic carbocycles. The molecule has 0 atom stereocenters. The second-order valence-corrected chi connectivity index (χ2v) is 3.45. The lowest BCUT2D eigenvalue weighted by atomic mass is 10.3. The minimum atomic E-state index is -4.72. The van der Waals surface area contributed by atoms with Crippen molar-refractivity contribution in [3.63, 3.8) is 0 Å². The van der Waals surface area contributed by atoms with E-state index < -0.39 is 11.9 Å². The molecule has 0 amide bonds. The summed E-state index contributed by atoms with van der Waals surface area (Å²) >= 11 is 2.87. The SMILES string of the molecule is NCc1cc(Br)cn(C(F)(F)F)c1=O. The van der Waals surface area contributed by atoms with E-state index in [0.29, 0.717) is 6.20 Å². The number of nitrogens with two attached hydrogens (primary N) is 1. The van der Waals surface area contributed by atoms with Crippen LogP contribution in [0.2, 0.25) is 0 Å². The molecule has 0 spiro atoms.